The van der Waals surface area contributed by atoms with Crippen LogP contribution >= 0.6 is 0 Å². The molecule has 96 valence electrons. The first kappa shape index (κ1) is 12.2. The van der Waals surface area contributed by atoms with Gasteiger partial charge < -0.3 is 10.2 Å². The maximum absolute atomic E-state index is 12.0. The molecule has 1 aromatic heterocycles. The third-order valence-electron chi connectivity index (χ3n) is 4.27. The molecule has 2 radical (unpaired) electrons. The number of hydrogen-bond donors (Lipinski definition) is 1. The predicted octanol–water partition coefficient (Wildman–Crippen LogP) is 0.623. The van der Waals surface area contributed by atoms with Gasteiger partial charge in [0.25, 0.3) is 0 Å². The molecule has 2 saturated heterocycles. The Labute approximate surface area is 112 Å². The highest BCUT2D eigenvalue weighted by molar-refractivity contribution is 6.56. The van der Waals surface area contributed by atoms with Gasteiger partial charge in [0.2, 0.25) is 13.8 Å². The number of nitrogens with zero attached hydrogens (tertiary/aromatic N) is 2. The molecular weight excluding hydrogens is 241 g/mol. The molecular formula is C13H14BN3O2. The Morgan fingerprint density at radius 3 is 2.74 bits per heavy atom. The fourth-order valence-electron chi connectivity index (χ4n) is 3.06. The first-order valence-electron chi connectivity index (χ1n) is 6.39. The predicted molar refractivity (Wildman–Crippen MR) is 69.5 cm³/mol. The Hall–Kier alpha value is -1.85. The van der Waals surface area contributed by atoms with Gasteiger partial charge in [0, 0.05) is 25.5 Å². The minimum atomic E-state index is -0.410. The van der Waals surface area contributed by atoms with Crippen LogP contribution < -0.4 is 5.32 Å². The molecule has 2 aliphatic heterocycles. The van der Waals surface area contributed by atoms with E-state index < -0.39 is 11.2 Å². The second kappa shape index (κ2) is 4.37. The van der Waals surface area contributed by atoms with Crippen LogP contribution in [-0.2, 0) is 4.79 Å². The van der Waals surface area contributed by atoms with Crippen molar-refractivity contribution in [1.82, 2.24) is 15.2 Å². The minimum absolute atomic E-state index is 0.00345. The molecule has 1 spiro atoms. The molecule has 0 aliphatic carbocycles. The zero-order valence-electron chi connectivity index (χ0n) is 10.5. The van der Waals surface area contributed by atoms with E-state index in [1.54, 1.807) is 17.3 Å². The van der Waals surface area contributed by atoms with Crippen LogP contribution in [-0.4, -0.2) is 42.5 Å². The second-order valence-electron chi connectivity index (χ2n) is 5.17. The number of pyridine rings is 1. The van der Waals surface area contributed by atoms with Crippen molar-refractivity contribution in [3.63, 3.8) is 0 Å². The quantitative estimate of drug-likeness (QED) is 0.591. The number of rotatable bonds is 1. The van der Waals surface area contributed by atoms with Crippen molar-refractivity contribution in [2.75, 3.05) is 13.1 Å². The number of likely N-dealkylation sites (tertiary alicyclic amines) is 1. The molecule has 3 heterocycles. The zero-order chi connectivity index (χ0) is 13.5. The van der Waals surface area contributed by atoms with Gasteiger partial charge >= 0.3 is 0 Å². The van der Waals surface area contributed by atoms with Crippen LogP contribution in [0.2, 0.25) is 0 Å². The van der Waals surface area contributed by atoms with Crippen molar-refractivity contribution in [3.8, 4) is 0 Å². The average Bonchev–Trinajstić information content (AvgIpc) is 2.45. The van der Waals surface area contributed by atoms with Crippen molar-refractivity contribution >= 4 is 19.6 Å². The third-order valence-corrected chi connectivity index (χ3v) is 4.27. The summed E-state index contributed by atoms with van der Waals surface area (Å²) >= 11 is 0. The Bertz CT molecular complexity index is 512. The van der Waals surface area contributed by atoms with E-state index in [9.17, 15) is 9.59 Å². The van der Waals surface area contributed by atoms with Gasteiger partial charge in [-0.15, -0.1) is 0 Å². The van der Waals surface area contributed by atoms with Crippen molar-refractivity contribution in [2.45, 2.75) is 18.9 Å². The van der Waals surface area contributed by atoms with E-state index in [1.807, 2.05) is 12.1 Å². The molecule has 0 saturated carbocycles. The minimum Gasteiger partial charge on any atom is -0.352 e. The van der Waals surface area contributed by atoms with Crippen LogP contribution in [0.3, 0.4) is 0 Å². The maximum atomic E-state index is 12.0. The molecule has 2 amide bonds. The topological polar surface area (TPSA) is 62.3 Å². The van der Waals surface area contributed by atoms with Crippen LogP contribution in [0, 0.1) is 5.41 Å². The van der Waals surface area contributed by atoms with Gasteiger partial charge in [-0.2, -0.15) is 0 Å². The van der Waals surface area contributed by atoms with Crippen molar-refractivity contribution in [2.24, 2.45) is 5.41 Å². The highest BCUT2D eigenvalue weighted by atomic mass is 16.2. The summed E-state index contributed by atoms with van der Waals surface area (Å²) in [5.74, 6) is -0.335. The lowest BCUT2D eigenvalue weighted by atomic mass is 9.64. The van der Waals surface area contributed by atoms with Gasteiger partial charge in [-0.3, -0.25) is 14.6 Å². The van der Waals surface area contributed by atoms with Crippen LogP contribution in [0.25, 0.3) is 0 Å². The van der Waals surface area contributed by atoms with Crippen LogP contribution in [0.15, 0.2) is 24.5 Å². The molecule has 1 N–H and O–H groups in total. The van der Waals surface area contributed by atoms with Gasteiger partial charge in [0.1, 0.15) is 0 Å². The fraction of sp³-hybridized carbons (Fsp3) is 0.462. The van der Waals surface area contributed by atoms with Crippen LogP contribution in [0.5, 0.6) is 0 Å². The van der Waals surface area contributed by atoms with Gasteiger partial charge in [-0.1, -0.05) is 6.07 Å². The first-order chi connectivity index (χ1) is 9.13. The zero-order valence-corrected chi connectivity index (χ0v) is 10.5. The molecule has 2 fully saturated rings. The molecule has 0 bridgehead atoms. The van der Waals surface area contributed by atoms with Gasteiger partial charge in [0.15, 0.2) is 5.81 Å². The maximum Gasteiger partial charge on any atom is 0.229 e. The lowest BCUT2D eigenvalue weighted by Gasteiger charge is -2.52. The standard InChI is InChI=1S/C13H14BN3O2/c14-12(19)17-6-3-13(4-7-17)10(16-11(13)18)9-2-1-5-15-8-9/h1-2,5,8,10H,3-4,6-7H2,(H,16,18). The SMILES string of the molecule is [B]C(=O)N1CCC2(CC1)C(=O)NC2c1cccnc1. The molecule has 2 aliphatic rings. The molecule has 5 nitrogen and oxygen atoms in total. The smallest absolute Gasteiger partial charge is 0.229 e. The van der Waals surface area contributed by atoms with E-state index in [0.29, 0.717) is 25.9 Å². The lowest BCUT2D eigenvalue weighted by Crippen LogP contribution is -2.64. The normalized spacial score (nSPS) is 24.7. The summed E-state index contributed by atoms with van der Waals surface area (Å²) in [5, 5.41) is 2.95. The number of piperidine rings is 1. The summed E-state index contributed by atoms with van der Waals surface area (Å²) < 4.78 is 0. The monoisotopic (exact) mass is 255 g/mol. The molecule has 1 unspecified atom stereocenters. The number of nitrogens with one attached hydrogen (secondary N) is 1. The van der Waals surface area contributed by atoms with Gasteiger partial charge in [-0.05, 0) is 24.5 Å². The van der Waals surface area contributed by atoms with Crippen molar-refractivity contribution in [3.05, 3.63) is 30.1 Å². The molecule has 3 rings (SSSR count). The van der Waals surface area contributed by atoms with Gasteiger partial charge in [0.05, 0.1) is 11.5 Å². The third kappa shape index (κ3) is 1.82. The van der Waals surface area contributed by atoms with Crippen molar-refractivity contribution < 1.29 is 9.59 Å². The molecule has 6 heteroatoms. The summed E-state index contributed by atoms with van der Waals surface area (Å²) in [4.78, 5) is 28.8. The van der Waals surface area contributed by atoms with E-state index in [0.717, 1.165) is 5.56 Å². The summed E-state index contributed by atoms with van der Waals surface area (Å²) in [6.45, 7) is 1.08. The van der Waals surface area contributed by atoms with Gasteiger partial charge in [-0.25, -0.2) is 0 Å². The molecule has 19 heavy (non-hydrogen) atoms. The Morgan fingerprint density at radius 2 is 2.21 bits per heavy atom. The van der Waals surface area contributed by atoms with Crippen LogP contribution in [0.1, 0.15) is 24.4 Å². The summed E-state index contributed by atoms with van der Waals surface area (Å²) in [6, 6.07) is 3.84. The molecule has 1 atom stereocenters. The lowest BCUT2D eigenvalue weighted by molar-refractivity contribution is -0.150. The molecule has 1 aromatic rings. The van der Waals surface area contributed by atoms with E-state index in [2.05, 4.69) is 10.3 Å². The van der Waals surface area contributed by atoms with E-state index >= 15 is 0 Å². The number of carbonyl (C=O) groups excluding carboxylic acids is 2. The highest BCUT2D eigenvalue weighted by Gasteiger charge is 2.56. The number of aromatic nitrogens is 1. The van der Waals surface area contributed by atoms with E-state index in [1.165, 1.54) is 0 Å². The van der Waals surface area contributed by atoms with E-state index in [4.69, 9.17) is 7.85 Å². The largest absolute Gasteiger partial charge is 0.352 e. The number of β-lactam (4-membered cyclic amide) rings is 1. The summed E-state index contributed by atoms with van der Waals surface area (Å²) in [5.41, 5.74) is 0.629. The van der Waals surface area contributed by atoms with E-state index in [-0.39, 0.29) is 11.9 Å². The Balaban J connectivity index is 1.80. The summed E-state index contributed by atoms with van der Waals surface area (Å²) in [7, 11) is 5.27. The number of amides is 2. The average molecular weight is 255 g/mol. The van der Waals surface area contributed by atoms with Crippen molar-refractivity contribution in [1.29, 1.82) is 0 Å². The summed E-state index contributed by atoms with van der Waals surface area (Å²) in [6.07, 6.45) is 4.81. The molecule has 0 aromatic carbocycles. The highest BCUT2D eigenvalue weighted by Crippen LogP contribution is 2.49. The number of carbonyl (C=O) groups is 2. The Kier molecular flexibility index (Phi) is 2.80. The fourth-order valence-corrected chi connectivity index (χ4v) is 3.06. The first-order valence-corrected chi connectivity index (χ1v) is 6.39. The number of hydrogen-bond acceptors (Lipinski definition) is 3. The Morgan fingerprint density at radius 1 is 1.47 bits per heavy atom. The second-order valence-corrected chi connectivity index (χ2v) is 5.17. The van der Waals surface area contributed by atoms with Crippen LogP contribution in [0.4, 0.5) is 4.79 Å².